The van der Waals surface area contributed by atoms with Gasteiger partial charge in [-0.1, -0.05) is 13.3 Å². The Morgan fingerprint density at radius 1 is 1.60 bits per heavy atom. The smallest absolute Gasteiger partial charge is 0.237 e. The van der Waals surface area contributed by atoms with Gasteiger partial charge in [-0.05, 0) is 31.9 Å². The summed E-state index contributed by atoms with van der Waals surface area (Å²) < 4.78 is 0. The molecule has 2 unspecified atom stereocenters. The predicted molar refractivity (Wildman–Crippen MR) is 66.0 cm³/mol. The largest absolute Gasteiger partial charge is 0.352 e. The predicted octanol–water partition coefficient (Wildman–Crippen LogP) is 1.51. The molecule has 0 aromatic rings. The van der Waals surface area contributed by atoms with Crippen LogP contribution in [0.5, 0.6) is 0 Å². The number of thioether (sulfide) groups is 1. The van der Waals surface area contributed by atoms with Crippen LogP contribution in [-0.2, 0) is 4.79 Å². The zero-order valence-corrected chi connectivity index (χ0v) is 10.5. The van der Waals surface area contributed by atoms with E-state index in [-0.39, 0.29) is 11.9 Å². The van der Waals surface area contributed by atoms with Crippen molar-refractivity contribution in [2.75, 3.05) is 6.26 Å². The third-order valence-corrected chi connectivity index (χ3v) is 4.10. The van der Waals surface area contributed by atoms with E-state index in [4.69, 9.17) is 5.73 Å². The molecule has 1 fully saturated rings. The number of nitrogens with one attached hydrogen (secondary N) is 1. The fourth-order valence-electron chi connectivity index (χ4n) is 2.04. The van der Waals surface area contributed by atoms with Gasteiger partial charge in [-0.15, -0.1) is 0 Å². The average Bonchev–Trinajstić information content (AvgIpc) is 2.66. The van der Waals surface area contributed by atoms with Gasteiger partial charge in [-0.3, -0.25) is 4.79 Å². The van der Waals surface area contributed by atoms with Gasteiger partial charge in [0.2, 0.25) is 5.91 Å². The lowest BCUT2D eigenvalue weighted by atomic mass is 10.1. The molecule has 4 heteroatoms. The summed E-state index contributed by atoms with van der Waals surface area (Å²) in [6.45, 7) is 2.05. The van der Waals surface area contributed by atoms with Gasteiger partial charge in [0.1, 0.15) is 0 Å². The molecule has 0 heterocycles. The van der Waals surface area contributed by atoms with Crippen molar-refractivity contribution in [2.24, 2.45) is 5.73 Å². The van der Waals surface area contributed by atoms with Crippen molar-refractivity contribution in [1.82, 2.24) is 5.32 Å². The molecule has 0 radical (unpaired) electrons. The van der Waals surface area contributed by atoms with Crippen LogP contribution in [0.15, 0.2) is 0 Å². The molecule has 1 saturated carbocycles. The van der Waals surface area contributed by atoms with Gasteiger partial charge < -0.3 is 11.1 Å². The van der Waals surface area contributed by atoms with E-state index in [1.54, 1.807) is 0 Å². The molecule has 1 aliphatic carbocycles. The highest BCUT2D eigenvalue weighted by Gasteiger charge is 2.26. The molecule has 1 amide bonds. The van der Waals surface area contributed by atoms with Crippen molar-refractivity contribution in [3.05, 3.63) is 0 Å². The molecule has 3 nitrogen and oxygen atoms in total. The number of amides is 1. The van der Waals surface area contributed by atoms with Crippen molar-refractivity contribution in [1.29, 1.82) is 0 Å². The molecule has 0 aromatic heterocycles. The number of rotatable bonds is 5. The minimum Gasteiger partial charge on any atom is -0.352 e. The van der Waals surface area contributed by atoms with Crippen LogP contribution < -0.4 is 11.1 Å². The fourth-order valence-corrected chi connectivity index (χ4v) is 2.83. The standard InChI is InChI=1S/C11H22N2OS/c1-3-4-10(12)11(14)13-8-5-6-9(7-8)15-2/h8-10H,3-7,12H2,1-2H3,(H,13,14)/t8?,9?,10-/m1/s1. The second-order valence-corrected chi connectivity index (χ2v) is 5.41. The Morgan fingerprint density at radius 3 is 2.87 bits per heavy atom. The monoisotopic (exact) mass is 230 g/mol. The summed E-state index contributed by atoms with van der Waals surface area (Å²) in [6.07, 6.45) is 7.31. The highest BCUT2D eigenvalue weighted by Crippen LogP contribution is 2.28. The van der Waals surface area contributed by atoms with E-state index in [1.807, 2.05) is 18.7 Å². The lowest BCUT2D eigenvalue weighted by molar-refractivity contribution is -0.123. The van der Waals surface area contributed by atoms with Crippen LogP contribution in [0.3, 0.4) is 0 Å². The molecule has 15 heavy (non-hydrogen) atoms. The molecule has 88 valence electrons. The van der Waals surface area contributed by atoms with E-state index in [0.29, 0.717) is 6.04 Å². The SMILES string of the molecule is CCC[C@@H](N)C(=O)NC1CCC(SC)C1. The Hall–Kier alpha value is -0.220. The van der Waals surface area contributed by atoms with Gasteiger partial charge in [0.15, 0.2) is 0 Å². The van der Waals surface area contributed by atoms with Crippen LogP contribution in [-0.4, -0.2) is 29.5 Å². The Labute approximate surface area is 96.6 Å². The first-order valence-corrected chi connectivity index (χ1v) is 7.05. The maximum absolute atomic E-state index is 11.6. The van der Waals surface area contributed by atoms with E-state index < -0.39 is 0 Å². The Balaban J connectivity index is 2.27. The minimum absolute atomic E-state index is 0.0311. The molecule has 0 aromatic carbocycles. The van der Waals surface area contributed by atoms with E-state index in [0.717, 1.165) is 30.9 Å². The molecule has 1 rings (SSSR count). The fraction of sp³-hybridized carbons (Fsp3) is 0.909. The highest BCUT2D eigenvalue weighted by molar-refractivity contribution is 7.99. The number of carbonyl (C=O) groups is 1. The van der Waals surface area contributed by atoms with Crippen molar-refractivity contribution in [2.45, 2.75) is 56.4 Å². The van der Waals surface area contributed by atoms with Crippen LogP contribution in [0, 0.1) is 0 Å². The molecule has 1 aliphatic rings. The first-order valence-electron chi connectivity index (χ1n) is 5.76. The molecular formula is C11H22N2OS. The second kappa shape index (κ2) is 6.38. The van der Waals surface area contributed by atoms with Gasteiger partial charge in [-0.25, -0.2) is 0 Å². The van der Waals surface area contributed by atoms with E-state index >= 15 is 0 Å². The van der Waals surface area contributed by atoms with Crippen molar-refractivity contribution in [3.8, 4) is 0 Å². The van der Waals surface area contributed by atoms with Crippen LogP contribution in [0.2, 0.25) is 0 Å². The first kappa shape index (κ1) is 12.8. The second-order valence-electron chi connectivity index (χ2n) is 4.27. The van der Waals surface area contributed by atoms with Crippen LogP contribution in [0.25, 0.3) is 0 Å². The molecule has 3 atom stereocenters. The van der Waals surface area contributed by atoms with E-state index in [1.165, 1.54) is 6.42 Å². The van der Waals surface area contributed by atoms with Gasteiger partial charge in [0.25, 0.3) is 0 Å². The maximum atomic E-state index is 11.6. The summed E-state index contributed by atoms with van der Waals surface area (Å²) in [5, 5.41) is 3.77. The summed E-state index contributed by atoms with van der Waals surface area (Å²) in [4.78, 5) is 11.6. The third kappa shape index (κ3) is 4.03. The zero-order valence-electron chi connectivity index (χ0n) is 9.66. The molecule has 0 saturated heterocycles. The quantitative estimate of drug-likeness (QED) is 0.753. The van der Waals surface area contributed by atoms with E-state index in [2.05, 4.69) is 11.6 Å². The summed E-state index contributed by atoms with van der Waals surface area (Å²) in [5.41, 5.74) is 5.76. The normalized spacial score (nSPS) is 27.7. The summed E-state index contributed by atoms with van der Waals surface area (Å²) in [5.74, 6) is 0.0311. The number of carbonyl (C=O) groups excluding carboxylic acids is 1. The molecule has 0 bridgehead atoms. The molecule has 0 spiro atoms. The zero-order chi connectivity index (χ0) is 11.3. The lowest BCUT2D eigenvalue weighted by Crippen LogP contribution is -2.44. The van der Waals surface area contributed by atoms with E-state index in [9.17, 15) is 4.79 Å². The number of hydrogen-bond donors (Lipinski definition) is 2. The molecule has 3 N–H and O–H groups in total. The van der Waals surface area contributed by atoms with Crippen LogP contribution in [0.1, 0.15) is 39.0 Å². The third-order valence-electron chi connectivity index (χ3n) is 3.00. The Kier molecular flexibility index (Phi) is 5.47. The van der Waals surface area contributed by atoms with Gasteiger partial charge >= 0.3 is 0 Å². The highest BCUT2D eigenvalue weighted by atomic mass is 32.2. The summed E-state index contributed by atoms with van der Waals surface area (Å²) in [7, 11) is 0. The van der Waals surface area contributed by atoms with Gasteiger partial charge in [0, 0.05) is 11.3 Å². The maximum Gasteiger partial charge on any atom is 0.237 e. The van der Waals surface area contributed by atoms with Crippen molar-refractivity contribution < 1.29 is 4.79 Å². The molecular weight excluding hydrogens is 208 g/mol. The van der Waals surface area contributed by atoms with Crippen molar-refractivity contribution >= 4 is 17.7 Å². The first-order chi connectivity index (χ1) is 7.17. The molecule has 0 aliphatic heterocycles. The topological polar surface area (TPSA) is 55.1 Å². The average molecular weight is 230 g/mol. The Bertz CT molecular complexity index is 211. The summed E-state index contributed by atoms with van der Waals surface area (Å²) >= 11 is 1.90. The van der Waals surface area contributed by atoms with Crippen LogP contribution in [0.4, 0.5) is 0 Å². The van der Waals surface area contributed by atoms with Crippen molar-refractivity contribution in [3.63, 3.8) is 0 Å². The van der Waals surface area contributed by atoms with Crippen LogP contribution >= 0.6 is 11.8 Å². The van der Waals surface area contributed by atoms with Gasteiger partial charge in [-0.2, -0.15) is 11.8 Å². The number of nitrogens with two attached hydrogens (primary N) is 1. The number of hydrogen-bond acceptors (Lipinski definition) is 3. The summed E-state index contributed by atoms with van der Waals surface area (Å²) in [6, 6.07) is 0.0428. The Morgan fingerprint density at radius 2 is 2.33 bits per heavy atom. The lowest BCUT2D eigenvalue weighted by Gasteiger charge is -2.16. The van der Waals surface area contributed by atoms with Gasteiger partial charge in [0.05, 0.1) is 6.04 Å². The minimum atomic E-state index is -0.316.